The number of alkyl halides is 1. The molecule has 0 saturated heterocycles. The number of rotatable bonds is 2. The van der Waals surface area contributed by atoms with E-state index in [9.17, 15) is 4.39 Å². The highest BCUT2D eigenvalue weighted by Gasteiger charge is 2.32. The van der Waals surface area contributed by atoms with E-state index < -0.39 is 0 Å². The number of hydrogen-bond acceptors (Lipinski definition) is 0. The summed E-state index contributed by atoms with van der Waals surface area (Å²) < 4.78 is 13.8. The van der Waals surface area contributed by atoms with Gasteiger partial charge in [0.15, 0.2) is 0 Å². The SMILES string of the molecule is CC(C)(C)C1CCC(C(Cl)c2ccc(F)c(Br)c2)CC1. The maximum Gasteiger partial charge on any atom is 0.137 e. The first kappa shape index (κ1) is 16.3. The second-order valence-electron chi connectivity index (χ2n) is 7.05. The Morgan fingerprint density at radius 3 is 2.30 bits per heavy atom. The monoisotopic (exact) mass is 360 g/mol. The molecule has 1 aliphatic carbocycles. The molecular weight excluding hydrogens is 339 g/mol. The molecule has 1 aliphatic rings. The highest BCUT2D eigenvalue weighted by molar-refractivity contribution is 9.10. The molecule has 1 saturated carbocycles. The Balaban J connectivity index is 2.01. The van der Waals surface area contributed by atoms with Crippen LogP contribution >= 0.6 is 27.5 Å². The van der Waals surface area contributed by atoms with E-state index >= 15 is 0 Å². The molecule has 1 atom stereocenters. The third-order valence-electron chi connectivity index (χ3n) is 4.67. The van der Waals surface area contributed by atoms with Crippen LogP contribution in [0, 0.1) is 23.1 Å². The van der Waals surface area contributed by atoms with Gasteiger partial charge in [0.2, 0.25) is 0 Å². The highest BCUT2D eigenvalue weighted by atomic mass is 79.9. The lowest BCUT2D eigenvalue weighted by Gasteiger charge is -2.38. The van der Waals surface area contributed by atoms with Crippen LogP contribution in [0.3, 0.4) is 0 Å². The Morgan fingerprint density at radius 2 is 1.80 bits per heavy atom. The molecule has 1 fully saturated rings. The van der Waals surface area contributed by atoms with Gasteiger partial charge < -0.3 is 0 Å². The summed E-state index contributed by atoms with van der Waals surface area (Å²) in [6.07, 6.45) is 4.84. The van der Waals surface area contributed by atoms with Gasteiger partial charge in [-0.05, 0) is 76.6 Å². The van der Waals surface area contributed by atoms with Crippen molar-refractivity contribution in [2.75, 3.05) is 0 Å². The van der Waals surface area contributed by atoms with Crippen molar-refractivity contribution in [3.05, 3.63) is 34.1 Å². The Hall–Kier alpha value is -0.0800. The minimum absolute atomic E-state index is 0.00665. The second kappa shape index (κ2) is 6.36. The van der Waals surface area contributed by atoms with Gasteiger partial charge in [-0.2, -0.15) is 0 Å². The molecule has 0 aliphatic heterocycles. The average Bonchev–Trinajstić information content (AvgIpc) is 2.40. The minimum Gasteiger partial charge on any atom is -0.206 e. The molecule has 0 bridgehead atoms. The van der Waals surface area contributed by atoms with Gasteiger partial charge in [0.25, 0.3) is 0 Å². The summed E-state index contributed by atoms with van der Waals surface area (Å²) in [4.78, 5) is 0. The second-order valence-corrected chi connectivity index (χ2v) is 8.38. The predicted molar refractivity (Wildman–Crippen MR) is 87.6 cm³/mol. The van der Waals surface area contributed by atoms with E-state index in [0.717, 1.165) is 11.5 Å². The molecule has 0 radical (unpaired) electrons. The Bertz CT molecular complexity index is 459. The van der Waals surface area contributed by atoms with Crippen molar-refractivity contribution in [3.63, 3.8) is 0 Å². The molecule has 20 heavy (non-hydrogen) atoms. The van der Waals surface area contributed by atoms with Gasteiger partial charge in [-0.3, -0.25) is 0 Å². The van der Waals surface area contributed by atoms with Gasteiger partial charge in [0.05, 0.1) is 9.85 Å². The average molecular weight is 362 g/mol. The first-order chi connectivity index (χ1) is 9.29. The van der Waals surface area contributed by atoms with E-state index in [-0.39, 0.29) is 11.2 Å². The van der Waals surface area contributed by atoms with Gasteiger partial charge in [-0.15, -0.1) is 11.6 Å². The van der Waals surface area contributed by atoms with Crippen LogP contribution in [0.15, 0.2) is 22.7 Å². The Kier molecular flexibility index (Phi) is 5.18. The molecule has 1 aromatic rings. The normalized spacial score (nSPS) is 25.5. The Morgan fingerprint density at radius 1 is 1.20 bits per heavy atom. The van der Waals surface area contributed by atoms with E-state index in [1.807, 2.05) is 12.1 Å². The quantitative estimate of drug-likeness (QED) is 0.513. The van der Waals surface area contributed by atoms with E-state index in [1.165, 1.54) is 31.7 Å². The van der Waals surface area contributed by atoms with Crippen LogP contribution in [0.4, 0.5) is 4.39 Å². The lowest BCUT2D eigenvalue weighted by molar-refractivity contribution is 0.148. The molecule has 1 unspecified atom stereocenters. The fourth-order valence-electron chi connectivity index (χ4n) is 3.23. The maximum absolute atomic E-state index is 13.3. The fourth-order valence-corrected chi connectivity index (χ4v) is 4.02. The lowest BCUT2D eigenvalue weighted by atomic mass is 9.69. The molecule has 3 heteroatoms. The molecule has 0 aromatic heterocycles. The van der Waals surface area contributed by atoms with Crippen molar-refractivity contribution in [1.82, 2.24) is 0 Å². The molecule has 0 spiro atoms. The van der Waals surface area contributed by atoms with Gasteiger partial charge in [0.1, 0.15) is 5.82 Å². The van der Waals surface area contributed by atoms with Gasteiger partial charge in [0, 0.05) is 0 Å². The molecule has 112 valence electrons. The molecule has 0 nitrogen and oxygen atoms in total. The van der Waals surface area contributed by atoms with Crippen molar-refractivity contribution < 1.29 is 4.39 Å². The summed E-state index contributed by atoms with van der Waals surface area (Å²) >= 11 is 9.87. The largest absolute Gasteiger partial charge is 0.206 e. The van der Waals surface area contributed by atoms with Crippen LogP contribution < -0.4 is 0 Å². The van der Waals surface area contributed by atoms with E-state index in [2.05, 4.69) is 36.7 Å². The topological polar surface area (TPSA) is 0 Å². The molecule has 0 amide bonds. The first-order valence-electron chi connectivity index (χ1n) is 7.38. The lowest BCUT2D eigenvalue weighted by Crippen LogP contribution is -2.27. The van der Waals surface area contributed by atoms with Gasteiger partial charge in [-0.25, -0.2) is 4.39 Å². The van der Waals surface area contributed by atoms with Crippen LogP contribution in [0.1, 0.15) is 57.4 Å². The van der Waals surface area contributed by atoms with Gasteiger partial charge >= 0.3 is 0 Å². The van der Waals surface area contributed by atoms with Crippen molar-refractivity contribution >= 4 is 27.5 Å². The first-order valence-corrected chi connectivity index (χ1v) is 8.61. The third kappa shape index (κ3) is 3.76. The zero-order valence-electron chi connectivity index (χ0n) is 12.4. The van der Waals surface area contributed by atoms with E-state index in [4.69, 9.17) is 11.6 Å². The van der Waals surface area contributed by atoms with Crippen molar-refractivity contribution in [1.29, 1.82) is 0 Å². The molecular formula is C17H23BrClF. The van der Waals surface area contributed by atoms with Crippen molar-refractivity contribution in [3.8, 4) is 0 Å². The minimum atomic E-state index is -0.228. The van der Waals surface area contributed by atoms with Crippen LogP contribution in [0.2, 0.25) is 0 Å². The number of benzene rings is 1. The number of hydrogen-bond donors (Lipinski definition) is 0. The van der Waals surface area contributed by atoms with Crippen LogP contribution in [-0.4, -0.2) is 0 Å². The molecule has 1 aromatic carbocycles. The standard InChI is InChI=1S/C17H23BrClF/c1-17(2,3)13-7-4-11(5-8-13)16(19)12-6-9-15(20)14(18)10-12/h6,9-11,13,16H,4-5,7-8H2,1-3H3. The summed E-state index contributed by atoms with van der Waals surface area (Å²) in [7, 11) is 0. The van der Waals surface area contributed by atoms with Gasteiger partial charge in [-0.1, -0.05) is 26.8 Å². The summed E-state index contributed by atoms with van der Waals surface area (Å²) in [6.45, 7) is 6.98. The smallest absolute Gasteiger partial charge is 0.137 e. The van der Waals surface area contributed by atoms with Crippen LogP contribution in [0.5, 0.6) is 0 Å². The summed E-state index contributed by atoms with van der Waals surface area (Å²) in [5.74, 6) is 1.07. The molecule has 2 rings (SSSR count). The van der Waals surface area contributed by atoms with Crippen molar-refractivity contribution in [2.45, 2.75) is 51.8 Å². The van der Waals surface area contributed by atoms with Crippen LogP contribution in [-0.2, 0) is 0 Å². The summed E-state index contributed by atoms with van der Waals surface area (Å²) in [5.41, 5.74) is 1.42. The summed E-state index contributed by atoms with van der Waals surface area (Å²) in [6, 6.07) is 5.13. The maximum atomic E-state index is 13.3. The zero-order valence-corrected chi connectivity index (χ0v) is 14.8. The van der Waals surface area contributed by atoms with Crippen molar-refractivity contribution in [2.24, 2.45) is 17.3 Å². The van der Waals surface area contributed by atoms with Crippen LogP contribution in [0.25, 0.3) is 0 Å². The zero-order chi connectivity index (χ0) is 14.9. The third-order valence-corrected chi connectivity index (χ3v) is 5.89. The molecule has 0 heterocycles. The fraction of sp³-hybridized carbons (Fsp3) is 0.647. The Labute approximate surface area is 135 Å². The van der Waals surface area contributed by atoms with E-state index in [0.29, 0.717) is 15.8 Å². The molecule has 0 N–H and O–H groups in total. The number of halogens is 3. The highest BCUT2D eigenvalue weighted by Crippen LogP contribution is 2.45. The van der Waals surface area contributed by atoms with E-state index in [1.54, 1.807) is 0 Å². The predicted octanol–water partition coefficient (Wildman–Crippen LogP) is 6.72. The summed E-state index contributed by atoms with van der Waals surface area (Å²) in [5, 5.41) is -0.00665.